The fraction of sp³-hybridized carbons (Fsp3) is 0.278. The van der Waals surface area contributed by atoms with Crippen molar-refractivity contribution in [3.05, 3.63) is 121 Å². The van der Waals surface area contributed by atoms with Gasteiger partial charge in [0.25, 0.3) is 0 Å². The van der Waals surface area contributed by atoms with Crippen molar-refractivity contribution in [3.63, 3.8) is 0 Å². The van der Waals surface area contributed by atoms with Crippen molar-refractivity contribution in [1.29, 1.82) is 0 Å². The minimum Gasteiger partial charge on any atom is -0.473 e. The maximum Gasteiger partial charge on any atom is 0.329 e. The van der Waals surface area contributed by atoms with Gasteiger partial charge in [0.05, 0.1) is 0 Å². The van der Waals surface area contributed by atoms with E-state index >= 15 is 0 Å². The Labute approximate surface area is 269 Å². The third-order valence-corrected chi connectivity index (χ3v) is 8.64. The summed E-state index contributed by atoms with van der Waals surface area (Å²) >= 11 is 0. The lowest BCUT2D eigenvalue weighted by Gasteiger charge is -2.47. The Hall–Kier alpha value is -5.38. The van der Waals surface area contributed by atoms with Crippen LogP contribution >= 0.6 is 0 Å². The van der Waals surface area contributed by atoms with E-state index in [4.69, 9.17) is 18.9 Å². The number of ether oxygens (including phenoxy) is 4. The maximum absolute atomic E-state index is 14.6. The van der Waals surface area contributed by atoms with Crippen LogP contribution in [0.15, 0.2) is 121 Å². The number of rotatable bonds is 14. The van der Waals surface area contributed by atoms with E-state index in [1.807, 2.05) is 135 Å². The Morgan fingerprint density at radius 3 is 1.04 bits per heavy atom. The van der Waals surface area contributed by atoms with E-state index in [2.05, 4.69) is 0 Å². The Bertz CT molecular complexity index is 1480. The van der Waals surface area contributed by atoms with Gasteiger partial charge in [-0.05, 0) is 61.9 Å². The molecule has 0 radical (unpaired) electrons. The number of nitrogens with zero attached hydrogens (tertiary/aromatic N) is 4. The average molecular weight is 623 g/mol. The van der Waals surface area contributed by atoms with Gasteiger partial charge in [-0.2, -0.15) is 0 Å². The second-order valence-corrected chi connectivity index (χ2v) is 11.2. The van der Waals surface area contributed by atoms with Crippen LogP contribution in [0.2, 0.25) is 0 Å². The predicted octanol–water partition coefficient (Wildman–Crippen LogP) is 6.82. The summed E-state index contributed by atoms with van der Waals surface area (Å²) in [5.41, 5.74) is -2.49. The van der Waals surface area contributed by atoms with Crippen molar-refractivity contribution in [2.24, 2.45) is 0 Å². The van der Waals surface area contributed by atoms with Crippen LogP contribution in [-0.4, -0.2) is 69.9 Å². The van der Waals surface area contributed by atoms with Crippen LogP contribution in [0.25, 0.3) is 0 Å². The standard InChI is InChI=1S/C36H38N4O6/c1-3-24-36-35(2,37(25-43-29-16-8-4-9-17-29)33(41)39(36)27-45-31-20-12-6-13-21-31)38(26-44-30-18-10-5-11-19-30)34(42)40(36)28-46-32-22-14-7-15-23-32/h4-23H,3,24-28H2,1-2H3. The Balaban J connectivity index is 1.43. The zero-order chi connectivity index (χ0) is 32.0. The molecule has 4 aromatic rings. The third-order valence-electron chi connectivity index (χ3n) is 8.64. The second kappa shape index (κ2) is 13.3. The molecule has 0 atom stereocenters. The van der Waals surface area contributed by atoms with Gasteiger partial charge >= 0.3 is 12.1 Å². The molecule has 0 unspecified atom stereocenters. The molecule has 6 rings (SSSR count). The first-order valence-electron chi connectivity index (χ1n) is 15.4. The SMILES string of the molecule is CCCC12N(COc3ccccc3)C(=O)N(COc3ccccc3)C1(C)N(COc1ccccc1)C(=O)N2COc1ccccc1. The van der Waals surface area contributed by atoms with Crippen LogP contribution in [0.3, 0.4) is 0 Å². The summed E-state index contributed by atoms with van der Waals surface area (Å²) in [7, 11) is 0. The quantitative estimate of drug-likeness (QED) is 0.154. The zero-order valence-electron chi connectivity index (χ0n) is 26.0. The van der Waals surface area contributed by atoms with E-state index in [1.54, 1.807) is 19.6 Å². The van der Waals surface area contributed by atoms with E-state index in [0.717, 1.165) is 0 Å². The topological polar surface area (TPSA) is 84.0 Å². The van der Waals surface area contributed by atoms with Crippen LogP contribution in [0.5, 0.6) is 23.0 Å². The normalized spacial score (nSPS) is 20.6. The smallest absolute Gasteiger partial charge is 0.329 e. The van der Waals surface area contributed by atoms with Gasteiger partial charge < -0.3 is 18.9 Å². The summed E-state index contributed by atoms with van der Waals surface area (Å²) in [5.74, 6) is 2.39. The van der Waals surface area contributed by atoms with Crippen molar-refractivity contribution in [2.75, 3.05) is 26.9 Å². The largest absolute Gasteiger partial charge is 0.473 e. The Kier molecular flexibility index (Phi) is 8.87. The second-order valence-electron chi connectivity index (χ2n) is 11.2. The first kappa shape index (κ1) is 30.6. The molecular weight excluding hydrogens is 584 g/mol. The summed E-state index contributed by atoms with van der Waals surface area (Å²) in [6, 6.07) is 36.5. The highest BCUT2D eigenvalue weighted by Crippen LogP contribution is 2.53. The molecule has 0 aromatic heterocycles. The van der Waals surface area contributed by atoms with Crippen LogP contribution in [-0.2, 0) is 0 Å². The van der Waals surface area contributed by atoms with Gasteiger partial charge in [-0.1, -0.05) is 86.1 Å². The van der Waals surface area contributed by atoms with Crippen LogP contribution < -0.4 is 18.9 Å². The minimum absolute atomic E-state index is 0.108. The first-order chi connectivity index (χ1) is 22.5. The molecule has 0 N–H and O–H groups in total. The molecule has 2 heterocycles. The summed E-state index contributed by atoms with van der Waals surface area (Å²) in [5, 5.41) is 0. The minimum atomic E-state index is -1.26. The highest BCUT2D eigenvalue weighted by atomic mass is 16.5. The molecule has 2 aliphatic rings. The molecule has 4 aromatic carbocycles. The van der Waals surface area contributed by atoms with Crippen LogP contribution in [0.4, 0.5) is 9.59 Å². The number of urea groups is 2. The van der Waals surface area contributed by atoms with Crippen molar-refractivity contribution in [1.82, 2.24) is 19.6 Å². The van der Waals surface area contributed by atoms with Crippen molar-refractivity contribution >= 4 is 12.1 Å². The molecule has 10 heteroatoms. The number of amides is 4. The van der Waals surface area contributed by atoms with Gasteiger partial charge in [0.2, 0.25) is 0 Å². The van der Waals surface area contributed by atoms with Gasteiger partial charge in [-0.15, -0.1) is 0 Å². The van der Waals surface area contributed by atoms with Gasteiger partial charge in [-0.25, -0.2) is 9.59 Å². The van der Waals surface area contributed by atoms with Crippen LogP contribution in [0.1, 0.15) is 26.7 Å². The van der Waals surface area contributed by atoms with E-state index in [1.165, 1.54) is 0 Å². The third kappa shape index (κ3) is 5.51. The van der Waals surface area contributed by atoms with E-state index < -0.39 is 11.3 Å². The lowest BCUT2D eigenvalue weighted by atomic mass is 9.89. The monoisotopic (exact) mass is 622 g/mol. The molecule has 0 spiro atoms. The fourth-order valence-corrected chi connectivity index (χ4v) is 6.38. The number of benzene rings is 4. The van der Waals surface area contributed by atoms with Gasteiger partial charge in [0, 0.05) is 0 Å². The molecule has 2 aliphatic heterocycles. The maximum atomic E-state index is 14.6. The molecular formula is C36H38N4O6. The van der Waals surface area contributed by atoms with Crippen molar-refractivity contribution < 1.29 is 28.5 Å². The number of fused-ring (bicyclic) bond motifs is 1. The van der Waals surface area contributed by atoms with Crippen molar-refractivity contribution in [2.45, 2.75) is 38.0 Å². The van der Waals surface area contributed by atoms with Gasteiger partial charge in [0.1, 0.15) is 23.0 Å². The number of para-hydroxylation sites is 4. The molecule has 46 heavy (non-hydrogen) atoms. The van der Waals surface area contributed by atoms with Gasteiger partial charge in [-0.3, -0.25) is 19.6 Å². The van der Waals surface area contributed by atoms with E-state index in [9.17, 15) is 9.59 Å². The lowest BCUT2D eigenvalue weighted by Crippen LogP contribution is -2.67. The predicted molar refractivity (Wildman–Crippen MR) is 172 cm³/mol. The van der Waals surface area contributed by atoms with E-state index in [0.29, 0.717) is 35.8 Å². The molecule has 0 saturated carbocycles. The number of hydrogen-bond donors (Lipinski definition) is 0. The molecule has 238 valence electrons. The summed E-state index contributed by atoms with van der Waals surface area (Å²) < 4.78 is 24.8. The van der Waals surface area contributed by atoms with E-state index in [-0.39, 0.29) is 39.0 Å². The molecule has 0 bridgehead atoms. The Morgan fingerprint density at radius 2 is 0.761 bits per heavy atom. The van der Waals surface area contributed by atoms with Gasteiger partial charge in [0.15, 0.2) is 38.2 Å². The average Bonchev–Trinajstić information content (AvgIpc) is 3.38. The number of carbonyl (C=O) groups excluding carboxylic acids is 2. The fourth-order valence-electron chi connectivity index (χ4n) is 6.38. The highest BCUT2D eigenvalue weighted by molar-refractivity contribution is 5.88. The molecule has 2 fully saturated rings. The molecule has 4 amide bonds. The van der Waals surface area contributed by atoms with Crippen molar-refractivity contribution in [3.8, 4) is 23.0 Å². The highest BCUT2D eigenvalue weighted by Gasteiger charge is 2.76. The molecule has 10 nitrogen and oxygen atoms in total. The Morgan fingerprint density at radius 1 is 0.478 bits per heavy atom. The number of carbonyl (C=O) groups is 2. The molecule has 0 aliphatic carbocycles. The first-order valence-corrected chi connectivity index (χ1v) is 15.4. The number of hydrogen-bond acceptors (Lipinski definition) is 6. The summed E-state index contributed by atoms with van der Waals surface area (Å²) in [6.45, 7) is 3.48. The lowest BCUT2D eigenvalue weighted by molar-refractivity contribution is -0.107. The zero-order valence-corrected chi connectivity index (χ0v) is 26.0. The summed E-state index contributed by atoms with van der Waals surface area (Å²) in [4.78, 5) is 35.7. The summed E-state index contributed by atoms with van der Waals surface area (Å²) in [6.07, 6.45) is 1.08. The molecule has 2 saturated heterocycles. The van der Waals surface area contributed by atoms with Crippen LogP contribution in [0, 0.1) is 0 Å².